The number of ether oxygens (including phenoxy) is 1. The van der Waals surface area contributed by atoms with E-state index >= 15 is 0 Å². The lowest BCUT2D eigenvalue weighted by molar-refractivity contribution is 0.415. The van der Waals surface area contributed by atoms with Gasteiger partial charge in [-0.1, -0.05) is 17.7 Å². The summed E-state index contributed by atoms with van der Waals surface area (Å²) in [6.45, 7) is 6.04. The van der Waals surface area contributed by atoms with Crippen molar-refractivity contribution < 1.29 is 13.2 Å². The number of nitrogens with zero attached hydrogens (tertiary/aromatic N) is 1. The molecule has 1 unspecified atom stereocenters. The summed E-state index contributed by atoms with van der Waals surface area (Å²) in [4.78, 5) is 2.66. The van der Waals surface area contributed by atoms with Crippen LogP contribution in [0.4, 0.5) is 5.69 Å². The Labute approximate surface area is 156 Å². The minimum atomic E-state index is -3.47. The van der Waals surface area contributed by atoms with Gasteiger partial charge in [0.15, 0.2) is 0 Å². The van der Waals surface area contributed by atoms with E-state index in [1.54, 1.807) is 13.2 Å². The van der Waals surface area contributed by atoms with Gasteiger partial charge < -0.3 is 9.64 Å². The maximum Gasteiger partial charge on any atom is 0.240 e. The van der Waals surface area contributed by atoms with E-state index in [2.05, 4.69) is 9.62 Å². The lowest BCUT2D eigenvalue weighted by atomic mass is 10.1. The zero-order valence-electron chi connectivity index (χ0n) is 15.5. The third-order valence-electron chi connectivity index (χ3n) is 4.91. The van der Waals surface area contributed by atoms with Crippen LogP contribution in [0.3, 0.4) is 0 Å². The van der Waals surface area contributed by atoms with Crippen molar-refractivity contribution in [2.24, 2.45) is 5.92 Å². The SMILES string of the molecule is COc1ccc(N2CCC(CNS(=O)(=O)c3ccc(C)cc3C)C2)cc1. The molecule has 0 amide bonds. The molecule has 0 spiro atoms. The van der Waals surface area contributed by atoms with Crippen molar-refractivity contribution in [3.05, 3.63) is 53.6 Å². The molecule has 1 saturated heterocycles. The zero-order chi connectivity index (χ0) is 18.7. The number of sulfonamides is 1. The van der Waals surface area contributed by atoms with Gasteiger partial charge in [0.1, 0.15) is 5.75 Å². The second-order valence-corrected chi connectivity index (χ2v) is 8.65. The number of aryl methyl sites for hydroxylation is 2. The number of methoxy groups -OCH3 is 1. The van der Waals surface area contributed by atoms with Crippen molar-refractivity contribution in [1.29, 1.82) is 0 Å². The molecule has 140 valence electrons. The van der Waals surface area contributed by atoms with Crippen molar-refractivity contribution in [2.75, 3.05) is 31.6 Å². The average molecular weight is 375 g/mol. The fourth-order valence-corrected chi connectivity index (χ4v) is 4.77. The molecule has 1 aliphatic rings. The lowest BCUT2D eigenvalue weighted by Crippen LogP contribution is -2.31. The smallest absolute Gasteiger partial charge is 0.240 e. The molecule has 3 rings (SSSR count). The highest BCUT2D eigenvalue weighted by atomic mass is 32.2. The summed E-state index contributed by atoms with van der Waals surface area (Å²) in [5.41, 5.74) is 2.99. The normalized spacial score (nSPS) is 17.5. The summed E-state index contributed by atoms with van der Waals surface area (Å²) in [5.74, 6) is 1.14. The van der Waals surface area contributed by atoms with Crippen LogP contribution in [-0.2, 0) is 10.0 Å². The van der Waals surface area contributed by atoms with E-state index < -0.39 is 10.0 Å². The standard InChI is InChI=1S/C20H26N2O3S/c1-15-4-9-20(16(2)12-15)26(23,24)21-13-17-10-11-22(14-17)18-5-7-19(25-3)8-6-18/h4-9,12,17,21H,10-11,13-14H2,1-3H3. The van der Waals surface area contributed by atoms with Gasteiger partial charge in [-0.3, -0.25) is 0 Å². The molecule has 1 aliphatic heterocycles. The molecule has 26 heavy (non-hydrogen) atoms. The van der Waals surface area contributed by atoms with Crippen molar-refractivity contribution in [1.82, 2.24) is 4.72 Å². The molecule has 1 heterocycles. The molecule has 6 heteroatoms. The number of anilines is 1. The Bertz CT molecular complexity index is 863. The molecule has 1 atom stereocenters. The quantitative estimate of drug-likeness (QED) is 0.844. The fourth-order valence-electron chi connectivity index (χ4n) is 3.43. The summed E-state index contributed by atoms with van der Waals surface area (Å²) in [7, 11) is -1.82. The maximum absolute atomic E-state index is 12.6. The van der Waals surface area contributed by atoms with Crippen molar-refractivity contribution >= 4 is 15.7 Å². The minimum Gasteiger partial charge on any atom is -0.497 e. The first-order valence-electron chi connectivity index (χ1n) is 8.85. The fraction of sp³-hybridized carbons (Fsp3) is 0.400. The topological polar surface area (TPSA) is 58.6 Å². The van der Waals surface area contributed by atoms with Gasteiger partial charge in [-0.2, -0.15) is 0 Å². The van der Waals surface area contributed by atoms with Gasteiger partial charge in [-0.05, 0) is 62.1 Å². The van der Waals surface area contributed by atoms with Crippen LogP contribution < -0.4 is 14.4 Å². The molecule has 0 bridgehead atoms. The van der Waals surface area contributed by atoms with Gasteiger partial charge in [-0.25, -0.2) is 13.1 Å². The first-order valence-corrected chi connectivity index (χ1v) is 10.3. The molecular formula is C20H26N2O3S. The monoisotopic (exact) mass is 374 g/mol. The second-order valence-electron chi connectivity index (χ2n) is 6.92. The highest BCUT2D eigenvalue weighted by Gasteiger charge is 2.25. The summed E-state index contributed by atoms with van der Waals surface area (Å²) in [5, 5.41) is 0. The number of rotatable bonds is 6. The van der Waals surface area contributed by atoms with Crippen LogP contribution in [0.25, 0.3) is 0 Å². The van der Waals surface area contributed by atoms with Crippen LogP contribution in [-0.4, -0.2) is 35.2 Å². The second kappa shape index (κ2) is 7.68. The molecule has 2 aromatic carbocycles. The van der Waals surface area contributed by atoms with Gasteiger partial charge in [0.25, 0.3) is 0 Å². The van der Waals surface area contributed by atoms with Gasteiger partial charge >= 0.3 is 0 Å². The molecule has 1 fully saturated rings. The summed E-state index contributed by atoms with van der Waals surface area (Å²) < 4.78 is 33.2. The van der Waals surface area contributed by atoms with Gasteiger partial charge in [0, 0.05) is 25.3 Å². The highest BCUT2D eigenvalue weighted by molar-refractivity contribution is 7.89. The molecule has 5 nitrogen and oxygen atoms in total. The van der Waals surface area contributed by atoms with Crippen molar-refractivity contribution in [3.63, 3.8) is 0 Å². The van der Waals surface area contributed by atoms with E-state index in [0.717, 1.165) is 42.1 Å². The summed E-state index contributed by atoms with van der Waals surface area (Å²) in [6.07, 6.45) is 0.974. The number of benzene rings is 2. The van der Waals surface area contributed by atoms with Crippen LogP contribution in [0, 0.1) is 19.8 Å². The van der Waals surface area contributed by atoms with Crippen molar-refractivity contribution in [2.45, 2.75) is 25.2 Å². The largest absolute Gasteiger partial charge is 0.497 e. The van der Waals surface area contributed by atoms with Crippen LogP contribution in [0.2, 0.25) is 0 Å². The molecule has 1 N–H and O–H groups in total. The third kappa shape index (κ3) is 4.19. The molecule has 2 aromatic rings. The van der Waals surface area contributed by atoms with Crippen LogP contribution in [0.5, 0.6) is 5.75 Å². The number of nitrogens with one attached hydrogen (secondary N) is 1. The zero-order valence-corrected chi connectivity index (χ0v) is 16.3. The van der Waals surface area contributed by atoms with Gasteiger partial charge in [0.05, 0.1) is 12.0 Å². The summed E-state index contributed by atoms with van der Waals surface area (Å²) >= 11 is 0. The predicted octanol–water partition coefficient (Wildman–Crippen LogP) is 3.12. The third-order valence-corrected chi connectivity index (χ3v) is 6.49. The van der Waals surface area contributed by atoms with E-state index in [1.165, 1.54) is 0 Å². The molecule has 0 saturated carbocycles. The molecule has 0 aromatic heterocycles. The average Bonchev–Trinajstić information content (AvgIpc) is 3.09. The van der Waals surface area contributed by atoms with Gasteiger partial charge in [0.2, 0.25) is 10.0 Å². The van der Waals surface area contributed by atoms with Crippen LogP contribution >= 0.6 is 0 Å². The maximum atomic E-state index is 12.6. The highest BCUT2D eigenvalue weighted by Crippen LogP contribution is 2.26. The Morgan fingerprint density at radius 2 is 1.88 bits per heavy atom. The van der Waals surface area contributed by atoms with Crippen LogP contribution in [0.1, 0.15) is 17.5 Å². The Hall–Kier alpha value is -2.05. The van der Waals surface area contributed by atoms with E-state index in [4.69, 9.17) is 4.74 Å². The lowest BCUT2D eigenvalue weighted by Gasteiger charge is -2.19. The summed E-state index contributed by atoms with van der Waals surface area (Å²) in [6, 6.07) is 13.4. The number of hydrogen-bond acceptors (Lipinski definition) is 4. The van der Waals surface area contributed by atoms with Crippen molar-refractivity contribution in [3.8, 4) is 5.75 Å². The van der Waals surface area contributed by atoms with Gasteiger partial charge in [-0.15, -0.1) is 0 Å². The Balaban J connectivity index is 1.60. The van der Waals surface area contributed by atoms with E-state index in [9.17, 15) is 8.42 Å². The Morgan fingerprint density at radius 3 is 2.54 bits per heavy atom. The minimum absolute atomic E-state index is 0.303. The molecule has 0 aliphatic carbocycles. The molecule has 0 radical (unpaired) electrons. The first kappa shape index (κ1) is 18.7. The predicted molar refractivity (Wildman–Crippen MR) is 104 cm³/mol. The first-order chi connectivity index (χ1) is 12.4. The van der Waals surface area contributed by atoms with Crippen LogP contribution in [0.15, 0.2) is 47.4 Å². The van der Waals surface area contributed by atoms with E-state index in [-0.39, 0.29) is 0 Å². The molecular weight excluding hydrogens is 348 g/mol. The van der Waals surface area contributed by atoms with E-state index in [1.807, 2.05) is 50.2 Å². The Morgan fingerprint density at radius 1 is 1.15 bits per heavy atom. The van der Waals surface area contributed by atoms with E-state index in [0.29, 0.717) is 17.4 Å². The Kier molecular flexibility index (Phi) is 5.53. The number of hydrogen-bond donors (Lipinski definition) is 1.